The van der Waals surface area contributed by atoms with Crippen LogP contribution in [0, 0.1) is 23.0 Å². The summed E-state index contributed by atoms with van der Waals surface area (Å²) in [5.74, 6) is -4.60. The van der Waals surface area contributed by atoms with Crippen LogP contribution in [0.25, 0.3) is 11.0 Å². The van der Waals surface area contributed by atoms with E-state index in [1.54, 1.807) is 7.05 Å². The van der Waals surface area contributed by atoms with E-state index in [4.69, 9.17) is 5.41 Å². The van der Waals surface area contributed by atoms with Crippen LogP contribution in [0.1, 0.15) is 28.8 Å². The van der Waals surface area contributed by atoms with E-state index in [-0.39, 0.29) is 46.2 Å². The van der Waals surface area contributed by atoms with Gasteiger partial charge >= 0.3 is 6.18 Å². The zero-order valence-electron chi connectivity index (χ0n) is 19.8. The van der Waals surface area contributed by atoms with Gasteiger partial charge in [0.25, 0.3) is 0 Å². The molecule has 0 spiro atoms. The predicted molar refractivity (Wildman–Crippen MR) is 136 cm³/mol. The van der Waals surface area contributed by atoms with E-state index in [0.29, 0.717) is 5.70 Å². The number of carbonyl (C=O) groups excluding carboxylic acids is 1. The van der Waals surface area contributed by atoms with Crippen LogP contribution in [0.2, 0.25) is 0 Å². The van der Waals surface area contributed by atoms with Crippen LogP contribution in [0.3, 0.4) is 0 Å². The van der Waals surface area contributed by atoms with Crippen LogP contribution < -0.4 is 15.4 Å². The number of H-pyrrole nitrogens is 1. The van der Waals surface area contributed by atoms with Gasteiger partial charge < -0.3 is 25.7 Å². The maximum atomic E-state index is 15.4. The number of benzene rings is 1. The van der Waals surface area contributed by atoms with Crippen molar-refractivity contribution in [2.45, 2.75) is 24.3 Å². The van der Waals surface area contributed by atoms with Gasteiger partial charge in [0, 0.05) is 30.9 Å². The van der Waals surface area contributed by atoms with E-state index in [0.717, 1.165) is 36.4 Å². The molecular weight excluding hydrogens is 529 g/mol. The summed E-state index contributed by atoms with van der Waals surface area (Å²) in [6.07, 6.45) is 3.24. The number of fused-ring (bicyclic) bond motifs is 1. The molecule has 0 amide bonds. The molecule has 8 nitrogen and oxygen atoms in total. The van der Waals surface area contributed by atoms with Crippen molar-refractivity contribution < 1.29 is 26.7 Å². The van der Waals surface area contributed by atoms with Crippen LogP contribution >= 0.6 is 11.9 Å². The molecule has 38 heavy (non-hydrogen) atoms. The molecule has 1 aliphatic rings. The van der Waals surface area contributed by atoms with Gasteiger partial charge in [-0.3, -0.25) is 4.79 Å². The fraction of sp³-hybridized carbons (Fsp3) is 0.250. The summed E-state index contributed by atoms with van der Waals surface area (Å²) in [5.41, 5.74) is -0.588. The summed E-state index contributed by atoms with van der Waals surface area (Å²) >= 11 is 0.973. The van der Waals surface area contributed by atoms with Gasteiger partial charge in [0.2, 0.25) is 5.78 Å². The number of alkyl halides is 3. The van der Waals surface area contributed by atoms with Gasteiger partial charge in [-0.25, -0.2) is 18.7 Å². The number of aromatic nitrogens is 3. The molecule has 3 aromatic rings. The van der Waals surface area contributed by atoms with Crippen molar-refractivity contribution in [1.29, 1.82) is 5.41 Å². The van der Waals surface area contributed by atoms with Crippen LogP contribution in [-0.4, -0.2) is 45.4 Å². The molecule has 0 radical (unpaired) electrons. The van der Waals surface area contributed by atoms with Crippen molar-refractivity contribution in [2.24, 2.45) is 5.92 Å². The third-order valence-electron chi connectivity index (χ3n) is 5.81. The smallest absolute Gasteiger partial charge is 0.392 e. The molecular formula is C24H22F5N7OS. The second-order valence-electron chi connectivity index (χ2n) is 8.29. The first-order valence-corrected chi connectivity index (χ1v) is 12.2. The van der Waals surface area contributed by atoms with Gasteiger partial charge in [-0.05, 0) is 36.9 Å². The Hall–Kier alpha value is -3.94. The molecule has 1 aliphatic carbocycles. The Kier molecular flexibility index (Phi) is 7.99. The molecule has 0 saturated heterocycles. The van der Waals surface area contributed by atoms with Gasteiger partial charge in [-0.1, -0.05) is 12.2 Å². The highest BCUT2D eigenvalue weighted by Crippen LogP contribution is 2.37. The Morgan fingerprint density at radius 1 is 1.21 bits per heavy atom. The molecule has 14 heteroatoms. The molecule has 0 aliphatic heterocycles. The number of hydrogen-bond donors (Lipinski definition) is 5. The Morgan fingerprint density at radius 3 is 2.66 bits per heavy atom. The number of ketones is 1. The lowest BCUT2D eigenvalue weighted by Crippen LogP contribution is -2.25. The Morgan fingerprint density at radius 2 is 2.00 bits per heavy atom. The predicted octanol–water partition coefficient (Wildman–Crippen LogP) is 5.55. The second kappa shape index (κ2) is 11.2. The van der Waals surface area contributed by atoms with Crippen molar-refractivity contribution in [2.75, 3.05) is 17.1 Å². The molecule has 2 heterocycles. The van der Waals surface area contributed by atoms with Gasteiger partial charge in [0.05, 0.1) is 33.8 Å². The number of hydrogen-bond acceptors (Lipinski definition) is 8. The number of rotatable bonds is 9. The maximum Gasteiger partial charge on any atom is 0.395 e. The first-order valence-electron chi connectivity index (χ1n) is 11.3. The quantitative estimate of drug-likeness (QED) is 0.0778. The van der Waals surface area contributed by atoms with Crippen molar-refractivity contribution in [3.05, 3.63) is 71.5 Å². The standard InChI is InChI=1S/C24H22F5N7OS/c1-31-9-13(8-30)35-23-18-15(10-32-22(18)33-11-34-23)21(37)19-16(25)6-7-17(20(19)26)36-38-14-4-2-12(3-5-14)24(27,28)29/h2,4,6-12,14,30-31,36H,3,5H2,1H3,(H2,32,33,34,35)/b13-9+,30-8?. The lowest BCUT2D eigenvalue weighted by molar-refractivity contribution is -0.163. The molecule has 2 aromatic heterocycles. The normalized spacial score (nSPS) is 17.9. The summed E-state index contributed by atoms with van der Waals surface area (Å²) in [7, 11) is 1.63. The van der Waals surface area contributed by atoms with Crippen LogP contribution in [0.4, 0.5) is 33.5 Å². The fourth-order valence-electron chi connectivity index (χ4n) is 3.92. The van der Waals surface area contributed by atoms with Crippen LogP contribution in [-0.2, 0) is 0 Å². The van der Waals surface area contributed by atoms with Gasteiger partial charge in [0.15, 0.2) is 5.82 Å². The second-order valence-corrected chi connectivity index (χ2v) is 9.33. The number of nitrogens with zero attached hydrogens (tertiary/aromatic N) is 2. The average Bonchev–Trinajstić information content (AvgIpc) is 3.33. The summed E-state index contributed by atoms with van der Waals surface area (Å²) in [4.78, 5) is 24.3. The number of halogens is 5. The third kappa shape index (κ3) is 5.64. The van der Waals surface area contributed by atoms with E-state index in [2.05, 4.69) is 30.3 Å². The lowest BCUT2D eigenvalue weighted by atomic mass is 9.95. The highest BCUT2D eigenvalue weighted by atomic mass is 32.2. The van der Waals surface area contributed by atoms with E-state index in [9.17, 15) is 22.4 Å². The summed E-state index contributed by atoms with van der Waals surface area (Å²) in [6.45, 7) is 0. The SMILES string of the molecule is CN/C=C(\C=N)Nc1ncnc2[nH]cc(C(=O)c3c(F)ccc(NSC4C=CC(C(F)(F)F)CC4)c3F)c12. The topological polar surface area (TPSA) is 119 Å². The molecule has 0 fully saturated rings. The molecule has 0 saturated carbocycles. The number of nitrogens with one attached hydrogen (secondary N) is 5. The number of aromatic amines is 1. The van der Waals surface area contributed by atoms with E-state index in [1.165, 1.54) is 24.8 Å². The Bertz CT molecular complexity index is 1420. The first-order chi connectivity index (χ1) is 18.1. The summed E-state index contributed by atoms with van der Waals surface area (Å²) < 4.78 is 71.5. The fourth-order valence-corrected chi connectivity index (χ4v) is 4.78. The Balaban J connectivity index is 1.61. The van der Waals surface area contributed by atoms with Crippen LogP contribution in [0.15, 0.2) is 48.7 Å². The highest BCUT2D eigenvalue weighted by Gasteiger charge is 2.39. The minimum absolute atomic E-state index is 0.100. The molecule has 5 N–H and O–H groups in total. The number of allylic oxidation sites excluding steroid dienone is 2. The zero-order chi connectivity index (χ0) is 27.4. The van der Waals surface area contributed by atoms with Crippen molar-refractivity contribution in [3.63, 3.8) is 0 Å². The van der Waals surface area contributed by atoms with Crippen molar-refractivity contribution >= 4 is 46.5 Å². The summed E-state index contributed by atoms with van der Waals surface area (Å²) in [6, 6.07) is 2.05. The minimum Gasteiger partial charge on any atom is -0.392 e. The molecule has 2 atom stereocenters. The van der Waals surface area contributed by atoms with Crippen molar-refractivity contribution in [1.82, 2.24) is 20.3 Å². The largest absolute Gasteiger partial charge is 0.395 e. The van der Waals surface area contributed by atoms with Crippen LogP contribution in [0.5, 0.6) is 0 Å². The molecule has 2 unspecified atom stereocenters. The van der Waals surface area contributed by atoms with E-state index in [1.807, 2.05) is 0 Å². The monoisotopic (exact) mass is 551 g/mol. The average molecular weight is 552 g/mol. The lowest BCUT2D eigenvalue weighted by Gasteiger charge is -2.24. The maximum absolute atomic E-state index is 15.4. The molecule has 200 valence electrons. The molecule has 0 bridgehead atoms. The Labute approximate surface area is 217 Å². The highest BCUT2D eigenvalue weighted by molar-refractivity contribution is 8.01. The van der Waals surface area contributed by atoms with Gasteiger partial charge in [0.1, 0.15) is 23.6 Å². The van der Waals surface area contributed by atoms with E-state index >= 15 is 4.39 Å². The number of anilines is 2. The first kappa shape index (κ1) is 27.1. The summed E-state index contributed by atoms with van der Waals surface area (Å²) in [5, 5.41) is 12.9. The van der Waals surface area contributed by atoms with E-state index < -0.39 is 35.1 Å². The molecule has 1 aromatic carbocycles. The third-order valence-corrected chi connectivity index (χ3v) is 6.85. The minimum atomic E-state index is -4.31. The number of carbonyl (C=O) groups is 1. The van der Waals surface area contributed by atoms with Gasteiger partial charge in [-0.2, -0.15) is 13.2 Å². The van der Waals surface area contributed by atoms with Crippen molar-refractivity contribution in [3.8, 4) is 0 Å². The molecule has 4 rings (SSSR count). The zero-order valence-corrected chi connectivity index (χ0v) is 20.6. The van der Waals surface area contributed by atoms with Gasteiger partial charge in [-0.15, -0.1) is 0 Å².